The fraction of sp³-hybridized carbons (Fsp3) is 0.714. The van der Waals surface area contributed by atoms with Gasteiger partial charge in [-0.3, -0.25) is 0 Å². The van der Waals surface area contributed by atoms with Crippen LogP contribution in [-0.2, 0) is 19.0 Å². The quantitative estimate of drug-likeness (QED) is 0.571. The van der Waals surface area contributed by atoms with E-state index in [2.05, 4.69) is 0 Å². The van der Waals surface area contributed by atoms with Crippen LogP contribution >= 0.6 is 0 Å². The Morgan fingerprint density at radius 1 is 1.40 bits per heavy atom. The highest BCUT2D eigenvalue weighted by molar-refractivity contribution is 5.83. The van der Waals surface area contributed by atoms with Gasteiger partial charge in [0.1, 0.15) is 5.60 Å². The van der Waals surface area contributed by atoms with Crippen molar-refractivity contribution in [1.29, 1.82) is 0 Å². The molecule has 6 nitrogen and oxygen atoms in total. The van der Waals surface area contributed by atoms with Crippen LogP contribution in [0.1, 0.15) is 27.7 Å². The van der Waals surface area contributed by atoms with Gasteiger partial charge in [0.2, 0.25) is 0 Å². The van der Waals surface area contributed by atoms with Crippen LogP contribution in [0, 0.1) is 0 Å². The van der Waals surface area contributed by atoms with Crippen LogP contribution in [0.2, 0.25) is 0 Å². The van der Waals surface area contributed by atoms with Crippen molar-refractivity contribution in [3.05, 3.63) is 11.6 Å². The minimum Gasteiger partial charge on any atom is -0.463 e. The Labute approximate surface area is 119 Å². The molecule has 0 radical (unpaired) electrons. The third-order valence-electron chi connectivity index (χ3n) is 2.45. The first kappa shape index (κ1) is 16.5. The molecule has 1 aliphatic rings. The molecule has 0 aromatic carbocycles. The predicted molar refractivity (Wildman–Crippen MR) is 73.3 cm³/mol. The normalized spacial score (nSPS) is 18.6. The maximum absolute atomic E-state index is 12.0. The van der Waals surface area contributed by atoms with Crippen molar-refractivity contribution >= 4 is 12.1 Å². The van der Waals surface area contributed by atoms with Crippen LogP contribution in [0.4, 0.5) is 4.79 Å². The van der Waals surface area contributed by atoms with Crippen LogP contribution in [0.3, 0.4) is 0 Å². The first-order chi connectivity index (χ1) is 9.31. The molecule has 1 aliphatic heterocycles. The molecule has 1 rings (SSSR count). The maximum Gasteiger partial charge on any atom is 0.410 e. The van der Waals surface area contributed by atoms with Crippen LogP contribution < -0.4 is 0 Å². The first-order valence-electron chi connectivity index (χ1n) is 6.73. The molecule has 0 bridgehead atoms. The van der Waals surface area contributed by atoms with Crippen LogP contribution in [0.5, 0.6) is 0 Å². The SMILES string of the molecule is CCOC(=O)C=C1COCCN(C(=O)OC(C)(C)C)C1. The fourth-order valence-electron chi connectivity index (χ4n) is 1.67. The summed E-state index contributed by atoms with van der Waals surface area (Å²) < 4.78 is 15.5. The molecule has 0 saturated carbocycles. The molecule has 0 atom stereocenters. The Kier molecular flexibility index (Phi) is 6.01. The van der Waals surface area contributed by atoms with E-state index in [0.29, 0.717) is 38.5 Å². The number of rotatable bonds is 2. The summed E-state index contributed by atoms with van der Waals surface area (Å²) in [5.41, 5.74) is 0.154. The number of amides is 1. The highest BCUT2D eigenvalue weighted by Gasteiger charge is 2.24. The number of hydrogen-bond acceptors (Lipinski definition) is 5. The van der Waals surface area contributed by atoms with Crippen molar-refractivity contribution in [3.63, 3.8) is 0 Å². The summed E-state index contributed by atoms with van der Waals surface area (Å²) in [6, 6.07) is 0. The van der Waals surface area contributed by atoms with E-state index in [1.165, 1.54) is 11.0 Å². The average Bonchev–Trinajstić information content (AvgIpc) is 2.52. The minimum absolute atomic E-state index is 0.313. The summed E-state index contributed by atoms with van der Waals surface area (Å²) in [6.07, 6.45) is 0.976. The summed E-state index contributed by atoms with van der Waals surface area (Å²) in [5.74, 6) is -0.419. The molecular formula is C14H23NO5. The number of ether oxygens (including phenoxy) is 3. The molecule has 0 spiro atoms. The third kappa shape index (κ3) is 6.06. The lowest BCUT2D eigenvalue weighted by Gasteiger charge is -2.26. The van der Waals surface area contributed by atoms with Gasteiger partial charge in [0.25, 0.3) is 0 Å². The van der Waals surface area contributed by atoms with E-state index in [0.717, 1.165) is 0 Å². The Morgan fingerprint density at radius 3 is 2.70 bits per heavy atom. The lowest BCUT2D eigenvalue weighted by atomic mass is 10.2. The lowest BCUT2D eigenvalue weighted by Crippen LogP contribution is -2.38. The average molecular weight is 285 g/mol. The van der Waals surface area contributed by atoms with E-state index in [1.54, 1.807) is 6.92 Å². The molecule has 0 aromatic rings. The molecule has 1 fully saturated rings. The summed E-state index contributed by atoms with van der Waals surface area (Å²) in [7, 11) is 0. The van der Waals surface area contributed by atoms with Crippen LogP contribution in [-0.4, -0.2) is 55.5 Å². The van der Waals surface area contributed by atoms with Gasteiger partial charge in [0, 0.05) is 19.2 Å². The molecule has 0 aromatic heterocycles. The van der Waals surface area contributed by atoms with Gasteiger partial charge in [-0.15, -0.1) is 0 Å². The summed E-state index contributed by atoms with van der Waals surface area (Å²) in [6.45, 7) is 8.99. The summed E-state index contributed by atoms with van der Waals surface area (Å²) >= 11 is 0. The van der Waals surface area contributed by atoms with Gasteiger partial charge in [-0.05, 0) is 33.3 Å². The van der Waals surface area contributed by atoms with Crippen LogP contribution in [0.25, 0.3) is 0 Å². The summed E-state index contributed by atoms with van der Waals surface area (Å²) in [4.78, 5) is 25.0. The second-order valence-electron chi connectivity index (χ2n) is 5.51. The van der Waals surface area contributed by atoms with Gasteiger partial charge < -0.3 is 19.1 Å². The molecule has 1 saturated heterocycles. The zero-order chi connectivity index (χ0) is 15.2. The van der Waals surface area contributed by atoms with E-state index in [1.807, 2.05) is 20.8 Å². The number of hydrogen-bond donors (Lipinski definition) is 0. The van der Waals surface area contributed by atoms with Crippen molar-refractivity contribution in [3.8, 4) is 0 Å². The van der Waals surface area contributed by atoms with Gasteiger partial charge in [-0.25, -0.2) is 9.59 Å². The van der Waals surface area contributed by atoms with E-state index in [9.17, 15) is 9.59 Å². The van der Waals surface area contributed by atoms with E-state index >= 15 is 0 Å². The zero-order valence-corrected chi connectivity index (χ0v) is 12.6. The van der Waals surface area contributed by atoms with Crippen molar-refractivity contribution in [2.24, 2.45) is 0 Å². The second-order valence-corrected chi connectivity index (χ2v) is 5.51. The Balaban J connectivity index is 2.69. The lowest BCUT2D eigenvalue weighted by molar-refractivity contribution is -0.137. The Bertz CT molecular complexity index is 384. The van der Waals surface area contributed by atoms with Crippen molar-refractivity contribution in [2.75, 3.05) is 32.9 Å². The van der Waals surface area contributed by atoms with E-state index in [-0.39, 0.29) is 0 Å². The first-order valence-corrected chi connectivity index (χ1v) is 6.73. The van der Waals surface area contributed by atoms with Crippen LogP contribution in [0.15, 0.2) is 11.6 Å². The largest absolute Gasteiger partial charge is 0.463 e. The molecule has 1 heterocycles. The second kappa shape index (κ2) is 7.28. The minimum atomic E-state index is -0.546. The van der Waals surface area contributed by atoms with E-state index in [4.69, 9.17) is 14.2 Å². The predicted octanol–water partition coefficient (Wildman–Crippen LogP) is 1.74. The molecule has 20 heavy (non-hydrogen) atoms. The summed E-state index contributed by atoms with van der Waals surface area (Å²) in [5, 5.41) is 0. The van der Waals surface area contributed by atoms with Crippen molar-refractivity contribution in [2.45, 2.75) is 33.3 Å². The standard InChI is InChI=1S/C14H23NO5/c1-5-19-12(16)8-11-9-15(6-7-18-10-11)13(17)20-14(2,3)4/h8H,5-7,9-10H2,1-4H3. The fourth-order valence-corrected chi connectivity index (χ4v) is 1.67. The van der Waals surface area contributed by atoms with E-state index < -0.39 is 17.7 Å². The smallest absolute Gasteiger partial charge is 0.410 e. The molecule has 0 unspecified atom stereocenters. The third-order valence-corrected chi connectivity index (χ3v) is 2.45. The Hall–Kier alpha value is -1.56. The highest BCUT2D eigenvalue weighted by Crippen LogP contribution is 2.13. The van der Waals surface area contributed by atoms with Crippen molar-refractivity contribution < 1.29 is 23.8 Å². The van der Waals surface area contributed by atoms with Gasteiger partial charge in [0.05, 0.1) is 19.8 Å². The monoisotopic (exact) mass is 285 g/mol. The molecular weight excluding hydrogens is 262 g/mol. The number of nitrogens with zero attached hydrogens (tertiary/aromatic N) is 1. The number of carbonyl (C=O) groups is 2. The van der Waals surface area contributed by atoms with Crippen molar-refractivity contribution in [1.82, 2.24) is 4.90 Å². The van der Waals surface area contributed by atoms with Gasteiger partial charge in [-0.2, -0.15) is 0 Å². The molecule has 6 heteroatoms. The van der Waals surface area contributed by atoms with Gasteiger partial charge in [0.15, 0.2) is 0 Å². The highest BCUT2D eigenvalue weighted by atomic mass is 16.6. The zero-order valence-electron chi connectivity index (χ0n) is 12.6. The van der Waals surface area contributed by atoms with Gasteiger partial charge in [-0.1, -0.05) is 0 Å². The molecule has 0 N–H and O–H groups in total. The van der Waals surface area contributed by atoms with Gasteiger partial charge >= 0.3 is 12.1 Å². The molecule has 1 amide bonds. The number of esters is 1. The molecule has 114 valence electrons. The number of carbonyl (C=O) groups excluding carboxylic acids is 2. The molecule has 0 aliphatic carbocycles. The topological polar surface area (TPSA) is 65.1 Å². The Morgan fingerprint density at radius 2 is 2.10 bits per heavy atom. The maximum atomic E-state index is 12.0.